The van der Waals surface area contributed by atoms with E-state index in [-0.39, 0.29) is 0 Å². The van der Waals surface area contributed by atoms with Gasteiger partial charge in [0.05, 0.1) is 5.69 Å². The Morgan fingerprint density at radius 1 is 1.19 bits per heavy atom. The number of H-pyrrole nitrogens is 1. The summed E-state index contributed by atoms with van der Waals surface area (Å²) in [5, 5.41) is 8.34. The Bertz CT molecular complexity index is 526. The van der Waals surface area contributed by atoms with Gasteiger partial charge >= 0.3 is 0 Å². The Hall–Kier alpha value is -1.65. The van der Waals surface area contributed by atoms with Crippen LogP contribution in [0.1, 0.15) is 69.6 Å². The zero-order chi connectivity index (χ0) is 15.1. The molecule has 0 fully saturated rings. The quantitative estimate of drug-likeness (QED) is 0.719. The molecule has 0 atom stereocenters. The molecule has 0 unspecified atom stereocenters. The first-order chi connectivity index (χ1) is 10.2. The Balaban J connectivity index is 1.62. The highest BCUT2D eigenvalue weighted by Crippen LogP contribution is 2.12. The lowest BCUT2D eigenvalue weighted by Gasteiger charge is -2.00. The first-order valence-electron chi connectivity index (χ1n) is 8.11. The third-order valence-electron chi connectivity index (χ3n) is 3.61. The number of nitrogens with one attached hydrogen (secondary N) is 1. The Kier molecular flexibility index (Phi) is 5.96. The second-order valence-corrected chi connectivity index (χ2v) is 5.98. The number of aromatic amines is 1. The van der Waals surface area contributed by atoms with Gasteiger partial charge in [0.2, 0.25) is 0 Å². The molecule has 21 heavy (non-hydrogen) atoms. The number of rotatable bonds is 9. The zero-order valence-electron chi connectivity index (χ0n) is 13.5. The van der Waals surface area contributed by atoms with Crippen molar-refractivity contribution in [2.45, 2.75) is 71.8 Å². The van der Waals surface area contributed by atoms with E-state index in [1.54, 1.807) is 0 Å². The zero-order valence-corrected chi connectivity index (χ0v) is 13.5. The predicted octanol–water partition coefficient (Wildman–Crippen LogP) is 3.49. The lowest BCUT2D eigenvalue weighted by molar-refractivity contribution is 0.578. The van der Waals surface area contributed by atoms with Gasteiger partial charge in [0, 0.05) is 30.6 Å². The molecule has 116 valence electrons. The Morgan fingerprint density at radius 3 is 2.71 bits per heavy atom. The van der Waals surface area contributed by atoms with E-state index >= 15 is 0 Å². The van der Waals surface area contributed by atoms with Crippen LogP contribution in [0.2, 0.25) is 0 Å². The summed E-state index contributed by atoms with van der Waals surface area (Å²) in [6.45, 7) is 7.44. The van der Waals surface area contributed by atoms with Gasteiger partial charge in [-0.05, 0) is 32.1 Å². The highest BCUT2D eigenvalue weighted by molar-refractivity contribution is 5.04. The Morgan fingerprint density at radius 2 is 2.00 bits per heavy atom. The fourth-order valence-corrected chi connectivity index (χ4v) is 2.39. The lowest BCUT2D eigenvalue weighted by atomic mass is 10.1. The van der Waals surface area contributed by atoms with E-state index in [9.17, 15) is 0 Å². The molecule has 1 N–H and O–H groups in total. The molecule has 0 bridgehead atoms. The van der Waals surface area contributed by atoms with Crippen LogP contribution in [0.4, 0.5) is 0 Å². The van der Waals surface area contributed by atoms with Gasteiger partial charge in [-0.25, -0.2) is 4.98 Å². The van der Waals surface area contributed by atoms with E-state index in [2.05, 4.69) is 47.2 Å². The van der Waals surface area contributed by atoms with E-state index in [0.29, 0.717) is 5.92 Å². The summed E-state index contributed by atoms with van der Waals surface area (Å²) in [6.07, 6.45) is 10.9. The average molecular weight is 289 g/mol. The monoisotopic (exact) mass is 289 g/mol. The van der Waals surface area contributed by atoms with Gasteiger partial charge in [0.1, 0.15) is 5.82 Å². The van der Waals surface area contributed by atoms with Crippen LogP contribution in [0.5, 0.6) is 0 Å². The fourth-order valence-electron chi connectivity index (χ4n) is 2.39. The summed E-state index contributed by atoms with van der Waals surface area (Å²) in [6, 6.07) is 0. The molecule has 0 aliphatic carbocycles. The van der Waals surface area contributed by atoms with Crippen molar-refractivity contribution in [1.82, 2.24) is 25.0 Å². The van der Waals surface area contributed by atoms with Crippen molar-refractivity contribution < 1.29 is 0 Å². The standard InChI is InChI=1S/C16H27N5/c1-4-10-21-12-15(19-20-21)9-7-5-6-8-14-11-17-16(18-14)13(2)3/h11-13H,4-10H2,1-3H3,(H,17,18). The minimum absolute atomic E-state index is 0.476. The molecule has 0 amide bonds. The van der Waals surface area contributed by atoms with E-state index in [4.69, 9.17) is 0 Å². The van der Waals surface area contributed by atoms with Gasteiger partial charge in [-0.2, -0.15) is 0 Å². The fraction of sp³-hybridized carbons (Fsp3) is 0.688. The van der Waals surface area contributed by atoms with E-state index in [1.807, 2.05) is 10.9 Å². The molecule has 5 heteroatoms. The van der Waals surface area contributed by atoms with Crippen LogP contribution < -0.4 is 0 Å². The number of nitrogens with zero attached hydrogens (tertiary/aromatic N) is 4. The maximum Gasteiger partial charge on any atom is 0.108 e. The third kappa shape index (κ3) is 4.99. The van der Waals surface area contributed by atoms with Crippen LogP contribution in [0.3, 0.4) is 0 Å². The van der Waals surface area contributed by atoms with Crippen LogP contribution in [0, 0.1) is 0 Å². The molecule has 0 aliphatic rings. The molecule has 0 aliphatic heterocycles. The maximum absolute atomic E-state index is 4.41. The molecule has 0 saturated heterocycles. The van der Waals surface area contributed by atoms with Crippen molar-refractivity contribution >= 4 is 0 Å². The molecule has 0 spiro atoms. The molecule has 5 nitrogen and oxygen atoms in total. The highest BCUT2D eigenvalue weighted by Gasteiger charge is 2.04. The largest absolute Gasteiger partial charge is 0.346 e. The summed E-state index contributed by atoms with van der Waals surface area (Å²) in [7, 11) is 0. The van der Waals surface area contributed by atoms with Gasteiger partial charge in [0.25, 0.3) is 0 Å². The molecule has 0 saturated carbocycles. The van der Waals surface area contributed by atoms with Crippen LogP contribution in [-0.4, -0.2) is 25.0 Å². The predicted molar refractivity (Wildman–Crippen MR) is 84.2 cm³/mol. The second-order valence-electron chi connectivity index (χ2n) is 5.98. The molecule has 2 heterocycles. The van der Waals surface area contributed by atoms with Gasteiger partial charge in [-0.1, -0.05) is 32.4 Å². The number of hydrogen-bond donors (Lipinski definition) is 1. The normalized spacial score (nSPS) is 11.4. The summed E-state index contributed by atoms with van der Waals surface area (Å²) < 4.78 is 1.94. The lowest BCUT2D eigenvalue weighted by Crippen LogP contribution is -1.96. The van der Waals surface area contributed by atoms with Crippen LogP contribution in [0.15, 0.2) is 12.4 Å². The van der Waals surface area contributed by atoms with Crippen molar-refractivity contribution in [2.24, 2.45) is 0 Å². The third-order valence-corrected chi connectivity index (χ3v) is 3.61. The van der Waals surface area contributed by atoms with Crippen LogP contribution >= 0.6 is 0 Å². The summed E-state index contributed by atoms with van der Waals surface area (Å²) >= 11 is 0. The molecule has 2 rings (SSSR count). The Labute approximate surface area is 127 Å². The minimum atomic E-state index is 0.476. The molecule has 0 aromatic carbocycles. The smallest absolute Gasteiger partial charge is 0.108 e. The van der Waals surface area contributed by atoms with Crippen LogP contribution in [0.25, 0.3) is 0 Å². The number of hydrogen-bond acceptors (Lipinski definition) is 3. The van der Waals surface area contributed by atoms with Gasteiger partial charge in [0.15, 0.2) is 0 Å². The van der Waals surface area contributed by atoms with Gasteiger partial charge in [-0.15, -0.1) is 5.10 Å². The van der Waals surface area contributed by atoms with E-state index < -0.39 is 0 Å². The first kappa shape index (κ1) is 15.7. The summed E-state index contributed by atoms with van der Waals surface area (Å²) in [4.78, 5) is 7.81. The van der Waals surface area contributed by atoms with Crippen molar-refractivity contribution in [2.75, 3.05) is 0 Å². The van der Waals surface area contributed by atoms with Crippen molar-refractivity contribution in [3.8, 4) is 0 Å². The summed E-state index contributed by atoms with van der Waals surface area (Å²) in [5.41, 5.74) is 2.37. The number of unbranched alkanes of at least 4 members (excludes halogenated alkanes) is 2. The number of aromatic nitrogens is 5. The molecular weight excluding hydrogens is 262 g/mol. The second kappa shape index (κ2) is 7.96. The molecule has 0 radical (unpaired) electrons. The molecule has 2 aromatic heterocycles. The van der Waals surface area contributed by atoms with Gasteiger partial charge < -0.3 is 4.98 Å². The maximum atomic E-state index is 4.41. The first-order valence-corrected chi connectivity index (χ1v) is 8.11. The highest BCUT2D eigenvalue weighted by atomic mass is 15.4. The average Bonchev–Trinajstić information content (AvgIpc) is 3.08. The van der Waals surface area contributed by atoms with Gasteiger partial charge in [-0.3, -0.25) is 4.68 Å². The van der Waals surface area contributed by atoms with Crippen molar-refractivity contribution in [3.63, 3.8) is 0 Å². The van der Waals surface area contributed by atoms with E-state index in [0.717, 1.165) is 37.3 Å². The van der Waals surface area contributed by atoms with Crippen molar-refractivity contribution in [3.05, 3.63) is 29.6 Å². The SMILES string of the molecule is CCCn1cc(CCCCCc2cnc(C(C)C)[nH]2)nn1. The van der Waals surface area contributed by atoms with Crippen LogP contribution in [-0.2, 0) is 19.4 Å². The molecule has 2 aromatic rings. The topological polar surface area (TPSA) is 59.4 Å². The number of aryl methyl sites for hydroxylation is 3. The summed E-state index contributed by atoms with van der Waals surface area (Å²) in [5.74, 6) is 1.57. The molecular formula is C16H27N5. The van der Waals surface area contributed by atoms with Crippen molar-refractivity contribution in [1.29, 1.82) is 0 Å². The number of imidazole rings is 1. The minimum Gasteiger partial charge on any atom is -0.346 e. The van der Waals surface area contributed by atoms with E-state index in [1.165, 1.54) is 25.0 Å².